The molecule has 0 aromatic heterocycles. The number of nitrogens with zero attached hydrogens (tertiary/aromatic N) is 2. The van der Waals surface area contributed by atoms with E-state index < -0.39 is 12.0 Å². The molecule has 0 spiro atoms. The van der Waals surface area contributed by atoms with Crippen LogP contribution in [0.25, 0.3) is 0 Å². The number of methoxy groups -OCH3 is 2. The molecule has 1 aromatic rings. The lowest BCUT2D eigenvalue weighted by Gasteiger charge is -2.33. The van der Waals surface area contributed by atoms with Crippen LogP contribution in [0.4, 0.5) is 0 Å². The van der Waals surface area contributed by atoms with Gasteiger partial charge >= 0.3 is 5.97 Å². The summed E-state index contributed by atoms with van der Waals surface area (Å²) < 4.78 is 16.8. The van der Waals surface area contributed by atoms with Crippen molar-refractivity contribution in [3.8, 4) is 11.5 Å². The highest BCUT2D eigenvalue weighted by atomic mass is 79.9. The number of benzene rings is 1. The zero-order chi connectivity index (χ0) is 19.7. The lowest BCUT2D eigenvalue weighted by atomic mass is 9.93. The number of halogens is 1. The molecule has 9 heteroatoms. The number of hydrogen-bond donors (Lipinski definition) is 0. The molecule has 0 N–H and O–H groups in total. The molecule has 0 saturated carbocycles. The van der Waals surface area contributed by atoms with Crippen LogP contribution in [0.3, 0.4) is 0 Å². The predicted molar refractivity (Wildman–Crippen MR) is 106 cm³/mol. The van der Waals surface area contributed by atoms with Crippen LogP contribution in [0, 0.1) is 0 Å². The van der Waals surface area contributed by atoms with Crippen molar-refractivity contribution >= 4 is 44.7 Å². The average Bonchev–Trinajstić information content (AvgIpc) is 3.00. The zero-order valence-corrected chi connectivity index (χ0v) is 17.8. The van der Waals surface area contributed by atoms with Gasteiger partial charge in [-0.1, -0.05) is 11.8 Å². The highest BCUT2D eigenvalue weighted by Gasteiger charge is 2.44. The molecule has 7 nitrogen and oxygen atoms in total. The molecule has 1 saturated heterocycles. The first-order chi connectivity index (χ1) is 12.9. The van der Waals surface area contributed by atoms with Crippen molar-refractivity contribution in [2.24, 2.45) is 4.99 Å². The van der Waals surface area contributed by atoms with Crippen LogP contribution in [0.15, 0.2) is 32.9 Å². The third kappa shape index (κ3) is 3.45. The number of fused-ring (bicyclic) bond motifs is 1. The van der Waals surface area contributed by atoms with E-state index in [1.54, 1.807) is 38.0 Å². The van der Waals surface area contributed by atoms with Crippen molar-refractivity contribution in [3.05, 3.63) is 33.4 Å². The second-order valence-electron chi connectivity index (χ2n) is 5.80. The van der Waals surface area contributed by atoms with E-state index in [9.17, 15) is 9.59 Å². The minimum atomic E-state index is -0.684. The average molecular weight is 455 g/mol. The first kappa shape index (κ1) is 19.8. The third-order valence-corrected chi connectivity index (χ3v) is 5.84. The Labute approximate surface area is 169 Å². The van der Waals surface area contributed by atoms with E-state index in [-0.39, 0.29) is 18.3 Å². The normalized spacial score (nSPS) is 19.0. The van der Waals surface area contributed by atoms with E-state index in [4.69, 9.17) is 14.2 Å². The Morgan fingerprint density at radius 1 is 1.33 bits per heavy atom. The van der Waals surface area contributed by atoms with Crippen LogP contribution in [0.2, 0.25) is 0 Å². The Kier molecular flexibility index (Phi) is 5.81. The second-order valence-corrected chi connectivity index (χ2v) is 7.59. The Morgan fingerprint density at radius 2 is 2.04 bits per heavy atom. The van der Waals surface area contributed by atoms with E-state index in [0.29, 0.717) is 38.0 Å². The molecule has 0 aliphatic carbocycles. The molecule has 1 aromatic carbocycles. The molecule has 0 bridgehead atoms. The van der Waals surface area contributed by atoms with E-state index in [0.717, 1.165) is 0 Å². The van der Waals surface area contributed by atoms with Gasteiger partial charge in [-0.2, -0.15) is 0 Å². The van der Waals surface area contributed by atoms with E-state index >= 15 is 0 Å². The molecular weight excluding hydrogens is 436 g/mol. The Bertz CT molecular complexity index is 868. The number of carbonyl (C=O) groups excluding carboxylic acids is 2. The predicted octanol–water partition coefficient (Wildman–Crippen LogP) is 3.29. The van der Waals surface area contributed by atoms with Crippen LogP contribution in [0.1, 0.15) is 25.5 Å². The smallest absolute Gasteiger partial charge is 0.338 e. The molecular formula is C18H19BrN2O5S. The monoisotopic (exact) mass is 454 g/mol. The SMILES string of the molecule is CCOC(=O)C1=C(C)N=C2SCC(=O)N2[C@@H]1c1cc(Br)c(OC)cc1OC. The summed E-state index contributed by atoms with van der Waals surface area (Å²) in [5.41, 5.74) is 1.50. The molecule has 1 amide bonds. The summed E-state index contributed by atoms with van der Waals surface area (Å²) in [6, 6.07) is 2.83. The molecule has 2 aliphatic rings. The number of allylic oxidation sites excluding steroid dienone is 1. The van der Waals surface area contributed by atoms with Gasteiger partial charge in [-0.05, 0) is 35.8 Å². The van der Waals surface area contributed by atoms with Gasteiger partial charge in [-0.15, -0.1) is 0 Å². The van der Waals surface area contributed by atoms with Gasteiger partial charge in [-0.3, -0.25) is 9.69 Å². The van der Waals surface area contributed by atoms with Crippen molar-refractivity contribution in [2.75, 3.05) is 26.6 Å². The number of amidine groups is 1. The van der Waals surface area contributed by atoms with Gasteiger partial charge in [0.2, 0.25) is 5.91 Å². The van der Waals surface area contributed by atoms with Crippen molar-refractivity contribution < 1.29 is 23.8 Å². The van der Waals surface area contributed by atoms with Crippen molar-refractivity contribution in [1.29, 1.82) is 0 Å². The number of ether oxygens (including phenoxy) is 3. The quantitative estimate of drug-likeness (QED) is 0.635. The first-order valence-electron chi connectivity index (χ1n) is 8.25. The maximum absolute atomic E-state index is 12.7. The molecule has 1 fully saturated rings. The highest BCUT2D eigenvalue weighted by molar-refractivity contribution is 9.10. The number of amides is 1. The molecule has 0 unspecified atom stereocenters. The summed E-state index contributed by atoms with van der Waals surface area (Å²) in [5, 5.41) is 0.574. The van der Waals surface area contributed by atoms with Gasteiger partial charge in [-0.25, -0.2) is 9.79 Å². The van der Waals surface area contributed by atoms with Crippen molar-refractivity contribution in [1.82, 2.24) is 4.90 Å². The number of carbonyl (C=O) groups is 2. The van der Waals surface area contributed by atoms with Crippen LogP contribution in [-0.2, 0) is 14.3 Å². The fourth-order valence-electron chi connectivity index (χ4n) is 3.10. The van der Waals surface area contributed by atoms with Gasteiger partial charge in [0, 0.05) is 11.6 Å². The first-order valence-corrected chi connectivity index (χ1v) is 10.0. The van der Waals surface area contributed by atoms with Crippen LogP contribution < -0.4 is 9.47 Å². The van der Waals surface area contributed by atoms with E-state index in [1.807, 2.05) is 0 Å². The van der Waals surface area contributed by atoms with Gasteiger partial charge in [0.05, 0.1) is 42.3 Å². The minimum absolute atomic E-state index is 0.118. The molecule has 1 atom stereocenters. The Hall–Kier alpha value is -2.00. The Balaban J connectivity index is 2.23. The number of rotatable bonds is 5. The highest BCUT2D eigenvalue weighted by Crippen LogP contribution is 2.46. The van der Waals surface area contributed by atoms with Gasteiger partial charge in [0.25, 0.3) is 0 Å². The van der Waals surface area contributed by atoms with Gasteiger partial charge < -0.3 is 14.2 Å². The molecule has 2 aliphatic heterocycles. The molecule has 0 radical (unpaired) electrons. The fraction of sp³-hybridized carbons (Fsp3) is 0.389. The third-order valence-electron chi connectivity index (χ3n) is 4.28. The maximum Gasteiger partial charge on any atom is 0.338 e. The summed E-state index contributed by atoms with van der Waals surface area (Å²) in [4.78, 5) is 31.3. The van der Waals surface area contributed by atoms with Crippen LogP contribution in [-0.4, -0.2) is 48.5 Å². The van der Waals surface area contributed by atoms with Crippen molar-refractivity contribution in [2.45, 2.75) is 19.9 Å². The summed E-state index contributed by atoms with van der Waals surface area (Å²) in [7, 11) is 3.09. The number of thioether (sulfide) groups is 1. The van der Waals surface area contributed by atoms with Gasteiger partial charge in [0.1, 0.15) is 17.5 Å². The lowest BCUT2D eigenvalue weighted by molar-refractivity contribution is -0.139. The van der Waals surface area contributed by atoms with Crippen LogP contribution >= 0.6 is 27.7 Å². The van der Waals surface area contributed by atoms with Gasteiger partial charge in [0.15, 0.2) is 5.17 Å². The van der Waals surface area contributed by atoms with E-state index in [2.05, 4.69) is 20.9 Å². The summed E-state index contributed by atoms with van der Waals surface area (Å²) in [5.74, 6) is 0.744. The molecule has 27 heavy (non-hydrogen) atoms. The largest absolute Gasteiger partial charge is 0.496 e. The van der Waals surface area contributed by atoms with Crippen LogP contribution in [0.5, 0.6) is 11.5 Å². The van der Waals surface area contributed by atoms with E-state index in [1.165, 1.54) is 18.9 Å². The summed E-state index contributed by atoms with van der Waals surface area (Å²) >= 11 is 4.83. The lowest BCUT2D eigenvalue weighted by Crippen LogP contribution is -2.39. The second kappa shape index (κ2) is 7.93. The number of aliphatic imine (C=N–C) groups is 1. The zero-order valence-electron chi connectivity index (χ0n) is 15.4. The molecule has 144 valence electrons. The Morgan fingerprint density at radius 3 is 2.67 bits per heavy atom. The fourth-order valence-corrected chi connectivity index (χ4v) is 4.57. The number of hydrogen-bond acceptors (Lipinski definition) is 7. The topological polar surface area (TPSA) is 77.4 Å². The number of esters is 1. The summed E-state index contributed by atoms with van der Waals surface area (Å²) in [6.07, 6.45) is 0. The standard InChI is InChI=1S/C18H19BrN2O5S/c1-5-26-17(23)15-9(2)20-18-21(14(22)8-27-18)16(15)10-6-11(19)13(25-4)7-12(10)24-3/h6-7,16H,5,8H2,1-4H3/t16-/m1/s1. The summed E-state index contributed by atoms with van der Waals surface area (Å²) in [6.45, 7) is 3.71. The maximum atomic E-state index is 12.7. The molecule has 2 heterocycles. The van der Waals surface area contributed by atoms with Crippen molar-refractivity contribution in [3.63, 3.8) is 0 Å². The minimum Gasteiger partial charge on any atom is -0.496 e. The molecule has 3 rings (SSSR count).